The van der Waals surface area contributed by atoms with Gasteiger partial charge in [0.2, 0.25) is 17.6 Å². The number of hydrogen-bond acceptors (Lipinski definition) is 5. The Balaban J connectivity index is 1.20. The Labute approximate surface area is 294 Å². The third-order valence-electron chi connectivity index (χ3n) is 9.77. The quantitative estimate of drug-likeness (QED) is 0.124. The molecule has 2 atom stereocenters. The molecule has 6 rings (SSSR count). The zero-order valence-corrected chi connectivity index (χ0v) is 28.3. The van der Waals surface area contributed by atoms with E-state index < -0.39 is 35.2 Å². The number of nitrogens with zero attached hydrogens (tertiary/aromatic N) is 2. The first-order valence-corrected chi connectivity index (χ1v) is 17.5. The molecule has 3 amide bonds. The van der Waals surface area contributed by atoms with Crippen LogP contribution in [0.2, 0.25) is 0 Å². The standard InChI is InChI=1S/C39H42F4N4O4/c40-27-12-8-25(9-13-27)18-19-47(29-14-15-29)39(50)36-30(21-28-22-46(23-33(36)45-28)35(49)5-1-4-34(44)48)26-10-6-24(7-11-26)3-2-20-51-38-32(42)17-16-31(41)37(38)43/h6-13,16-17,28-29,33,45H,1-5,14-15,18-23H2,(H2,44,48)/t28?,33-/m1/s1. The molecule has 3 aromatic rings. The van der Waals surface area contributed by atoms with Crippen molar-refractivity contribution in [1.29, 1.82) is 0 Å². The van der Waals surface area contributed by atoms with Crippen LogP contribution in [0.5, 0.6) is 5.75 Å². The molecular formula is C39H42F4N4O4. The number of nitrogens with one attached hydrogen (secondary N) is 1. The highest BCUT2D eigenvalue weighted by Crippen LogP contribution is 2.37. The number of ether oxygens (including phenoxy) is 1. The fraction of sp³-hybridized carbons (Fsp3) is 0.410. The predicted octanol–water partition coefficient (Wildman–Crippen LogP) is 5.47. The number of piperazine rings is 1. The second kappa shape index (κ2) is 16.1. The van der Waals surface area contributed by atoms with Crippen LogP contribution in [-0.2, 0) is 27.2 Å². The zero-order valence-electron chi connectivity index (χ0n) is 28.3. The van der Waals surface area contributed by atoms with Crippen molar-refractivity contribution in [2.45, 2.75) is 75.9 Å². The Hall–Kier alpha value is -4.71. The lowest BCUT2D eigenvalue weighted by Crippen LogP contribution is -2.62. The van der Waals surface area contributed by atoms with E-state index in [1.165, 1.54) is 12.1 Å². The molecular weight excluding hydrogens is 664 g/mol. The minimum absolute atomic E-state index is 0.00937. The largest absolute Gasteiger partial charge is 0.488 e. The monoisotopic (exact) mass is 706 g/mol. The molecule has 2 aliphatic heterocycles. The number of nitrogens with two attached hydrogens (primary N) is 1. The van der Waals surface area contributed by atoms with Crippen LogP contribution in [0.4, 0.5) is 17.6 Å². The van der Waals surface area contributed by atoms with Gasteiger partial charge in [0.05, 0.1) is 12.6 Å². The summed E-state index contributed by atoms with van der Waals surface area (Å²) >= 11 is 0. The summed E-state index contributed by atoms with van der Waals surface area (Å²) in [6.07, 6.45) is 4.59. The van der Waals surface area contributed by atoms with E-state index in [1.54, 1.807) is 17.0 Å². The molecule has 0 radical (unpaired) electrons. The fourth-order valence-electron chi connectivity index (χ4n) is 7.00. The molecule has 1 unspecified atom stereocenters. The number of halogens is 4. The third kappa shape index (κ3) is 8.97. The predicted molar refractivity (Wildman–Crippen MR) is 183 cm³/mol. The smallest absolute Gasteiger partial charge is 0.252 e. The second-order valence-corrected chi connectivity index (χ2v) is 13.6. The van der Waals surface area contributed by atoms with Crippen LogP contribution in [0.3, 0.4) is 0 Å². The first kappa shape index (κ1) is 36.1. The summed E-state index contributed by atoms with van der Waals surface area (Å²) < 4.78 is 60.2. The van der Waals surface area contributed by atoms with Crippen LogP contribution in [0.15, 0.2) is 66.2 Å². The first-order valence-electron chi connectivity index (χ1n) is 17.5. The summed E-state index contributed by atoms with van der Waals surface area (Å²) in [6, 6.07) is 15.3. The van der Waals surface area contributed by atoms with Crippen molar-refractivity contribution < 1.29 is 36.7 Å². The molecule has 0 aromatic heterocycles. The number of rotatable bonds is 15. The first-order chi connectivity index (χ1) is 24.6. The molecule has 1 aliphatic carbocycles. The van der Waals surface area contributed by atoms with E-state index in [4.69, 9.17) is 10.5 Å². The average Bonchev–Trinajstić information content (AvgIpc) is 3.95. The second-order valence-electron chi connectivity index (χ2n) is 13.6. The van der Waals surface area contributed by atoms with Crippen molar-refractivity contribution in [2.24, 2.45) is 5.73 Å². The fourth-order valence-corrected chi connectivity index (χ4v) is 7.00. The molecule has 270 valence electrons. The summed E-state index contributed by atoms with van der Waals surface area (Å²) in [5.41, 5.74) is 9.62. The van der Waals surface area contributed by atoms with Gasteiger partial charge in [-0.1, -0.05) is 36.4 Å². The van der Waals surface area contributed by atoms with E-state index in [9.17, 15) is 31.9 Å². The molecule has 8 nitrogen and oxygen atoms in total. The number of carbonyl (C=O) groups excluding carboxylic acids is 3. The van der Waals surface area contributed by atoms with Gasteiger partial charge in [0.15, 0.2) is 17.4 Å². The maximum Gasteiger partial charge on any atom is 0.252 e. The Morgan fingerprint density at radius 3 is 2.24 bits per heavy atom. The number of fused-ring (bicyclic) bond motifs is 2. The highest BCUT2D eigenvalue weighted by Gasteiger charge is 2.43. The van der Waals surface area contributed by atoms with Crippen molar-refractivity contribution in [1.82, 2.24) is 15.1 Å². The lowest BCUT2D eigenvalue weighted by Gasteiger charge is -2.45. The van der Waals surface area contributed by atoms with E-state index in [0.29, 0.717) is 63.4 Å². The number of hydrogen-bond donors (Lipinski definition) is 2. The Morgan fingerprint density at radius 2 is 1.53 bits per heavy atom. The van der Waals surface area contributed by atoms with Crippen LogP contribution in [0, 0.1) is 23.3 Å². The highest BCUT2D eigenvalue weighted by atomic mass is 19.2. The summed E-state index contributed by atoms with van der Waals surface area (Å²) in [7, 11) is 0. The van der Waals surface area contributed by atoms with Crippen molar-refractivity contribution in [3.05, 3.63) is 106 Å². The van der Waals surface area contributed by atoms with Crippen molar-refractivity contribution in [3.8, 4) is 5.75 Å². The SMILES string of the molecule is NC(=O)CCCC(=O)N1CC2CC(c3ccc(CCCOc4c(F)ccc(F)c4F)cc3)=C(C(=O)N(CCc3ccc(F)cc3)C3CC3)[C@@H](C1)N2. The van der Waals surface area contributed by atoms with Gasteiger partial charge < -0.3 is 25.6 Å². The van der Waals surface area contributed by atoms with Gasteiger partial charge in [0, 0.05) is 50.1 Å². The van der Waals surface area contributed by atoms with Crippen molar-refractivity contribution >= 4 is 23.3 Å². The number of aryl methyl sites for hydroxylation is 1. The topological polar surface area (TPSA) is 105 Å². The molecule has 0 spiro atoms. The van der Waals surface area contributed by atoms with Gasteiger partial charge in [-0.05, 0) is 91.5 Å². The van der Waals surface area contributed by atoms with Gasteiger partial charge in [-0.15, -0.1) is 0 Å². The van der Waals surface area contributed by atoms with Gasteiger partial charge in [0.1, 0.15) is 5.82 Å². The molecule has 3 aliphatic rings. The Kier molecular flexibility index (Phi) is 11.4. The molecule has 1 saturated heterocycles. The third-order valence-corrected chi connectivity index (χ3v) is 9.77. The number of carbonyl (C=O) groups is 3. The van der Waals surface area contributed by atoms with Crippen LogP contribution < -0.4 is 15.8 Å². The molecule has 3 N–H and O–H groups in total. The molecule has 12 heteroatoms. The van der Waals surface area contributed by atoms with Gasteiger partial charge in [-0.25, -0.2) is 13.2 Å². The lowest BCUT2D eigenvalue weighted by molar-refractivity contribution is -0.134. The summed E-state index contributed by atoms with van der Waals surface area (Å²) in [6.45, 7) is 1.25. The zero-order chi connectivity index (χ0) is 36.1. The van der Waals surface area contributed by atoms with Crippen LogP contribution in [0.1, 0.15) is 61.6 Å². The van der Waals surface area contributed by atoms with Gasteiger partial charge in [-0.2, -0.15) is 4.39 Å². The van der Waals surface area contributed by atoms with E-state index in [1.807, 2.05) is 29.2 Å². The molecule has 2 fully saturated rings. The number of primary amides is 1. The van der Waals surface area contributed by atoms with E-state index in [0.717, 1.165) is 41.2 Å². The van der Waals surface area contributed by atoms with E-state index >= 15 is 0 Å². The van der Waals surface area contributed by atoms with Crippen LogP contribution >= 0.6 is 0 Å². The van der Waals surface area contributed by atoms with Gasteiger partial charge in [-0.3, -0.25) is 14.4 Å². The summed E-state index contributed by atoms with van der Waals surface area (Å²) in [5, 5.41) is 3.60. The maximum absolute atomic E-state index is 14.6. The lowest BCUT2D eigenvalue weighted by atomic mass is 9.82. The molecule has 51 heavy (non-hydrogen) atoms. The van der Waals surface area contributed by atoms with Gasteiger partial charge >= 0.3 is 0 Å². The number of amides is 3. The van der Waals surface area contributed by atoms with Crippen LogP contribution in [0.25, 0.3) is 5.57 Å². The average molecular weight is 707 g/mol. The maximum atomic E-state index is 14.6. The normalized spacial score (nSPS) is 18.5. The molecule has 2 bridgehead atoms. The van der Waals surface area contributed by atoms with E-state index in [2.05, 4.69) is 5.32 Å². The summed E-state index contributed by atoms with van der Waals surface area (Å²) in [5.74, 6) is -5.13. The molecule has 2 heterocycles. The van der Waals surface area contributed by atoms with Gasteiger partial charge in [0.25, 0.3) is 5.91 Å². The molecule has 3 aromatic carbocycles. The minimum atomic E-state index is -1.35. The molecule has 1 saturated carbocycles. The Bertz CT molecular complexity index is 1780. The van der Waals surface area contributed by atoms with Crippen LogP contribution in [-0.4, -0.2) is 71.9 Å². The van der Waals surface area contributed by atoms with Crippen molar-refractivity contribution in [3.63, 3.8) is 0 Å². The highest BCUT2D eigenvalue weighted by molar-refractivity contribution is 6.03. The summed E-state index contributed by atoms with van der Waals surface area (Å²) in [4.78, 5) is 42.8. The minimum Gasteiger partial charge on any atom is -0.488 e. The number of benzene rings is 3. The Morgan fingerprint density at radius 1 is 0.843 bits per heavy atom. The van der Waals surface area contributed by atoms with Crippen molar-refractivity contribution in [2.75, 3.05) is 26.2 Å². The van der Waals surface area contributed by atoms with E-state index in [-0.39, 0.29) is 49.2 Å².